The number of carbonyl (C=O) groups is 1. The van der Waals surface area contributed by atoms with Crippen molar-refractivity contribution in [3.8, 4) is 11.3 Å². The van der Waals surface area contributed by atoms with E-state index in [-0.39, 0.29) is 48.9 Å². The summed E-state index contributed by atoms with van der Waals surface area (Å²) >= 11 is 0. The molecule has 2 saturated carbocycles. The van der Waals surface area contributed by atoms with Crippen molar-refractivity contribution in [3.63, 3.8) is 0 Å². The summed E-state index contributed by atoms with van der Waals surface area (Å²) in [7, 11) is 0. The van der Waals surface area contributed by atoms with Gasteiger partial charge < -0.3 is 5.11 Å². The average molecular weight is 1010 g/mol. The van der Waals surface area contributed by atoms with E-state index in [9.17, 15) is 9.90 Å². The number of aliphatic hydroxyl groups excluding tert-OH is 1. The number of carbonyl (C=O) groups excluding carboxylic acids is 1. The van der Waals surface area contributed by atoms with Crippen molar-refractivity contribution in [3.05, 3.63) is 88.7 Å². The summed E-state index contributed by atoms with van der Waals surface area (Å²) in [6.45, 7) is 38.1. The number of nitrogens with zero attached hydrogens (tertiary/aromatic N) is 1. The molecule has 1 radical (unpaired) electrons. The molecule has 1 heterocycles. The van der Waals surface area contributed by atoms with Crippen molar-refractivity contribution in [2.75, 3.05) is 0 Å². The zero-order valence-corrected chi connectivity index (χ0v) is 43.7. The Morgan fingerprint density at radius 3 is 1.85 bits per heavy atom. The third kappa shape index (κ3) is 12.1. The molecule has 0 amide bonds. The molecule has 2 aliphatic carbocycles. The summed E-state index contributed by atoms with van der Waals surface area (Å²) in [5, 5.41) is 14.1. The smallest absolute Gasteiger partial charge is 0.162 e. The van der Waals surface area contributed by atoms with Crippen molar-refractivity contribution < 1.29 is 30.0 Å². The minimum absolute atomic E-state index is 0. The summed E-state index contributed by atoms with van der Waals surface area (Å²) in [5.74, 6) is 2.21. The minimum atomic E-state index is -0.0119. The Balaban J connectivity index is 0.000000349. The standard InChI is InChI=1S/C40H50N.C17H32O2.Ir/c1-26-18-27(2)36-32(28-14-16-40(17-15-28)24-38(6,7)23-39(8,9)25-40)22-34(41-35(36)19-26)30-20-29-12-10-11-13-31(29)33(21-30)37(3,4)5;1-10(2)16(11(3)4)14(18)9-15(19)17(12(5)6)13(7)8;/h10-13,18-19,21-22,28H,14-17,23-25H2,1-9H3;9-13,16-18H,1-8H3;/q-1;;/b;14-9-;. The normalized spacial score (nSPS) is 18.1. The molecule has 6 rings (SSSR count). The van der Waals surface area contributed by atoms with E-state index in [1.807, 2.05) is 0 Å². The van der Waals surface area contributed by atoms with Gasteiger partial charge in [0.05, 0.1) is 11.3 Å². The van der Waals surface area contributed by atoms with E-state index >= 15 is 0 Å². The Labute approximate surface area is 386 Å². The van der Waals surface area contributed by atoms with E-state index in [0.29, 0.717) is 45.8 Å². The van der Waals surface area contributed by atoms with Gasteiger partial charge in [-0.1, -0.05) is 145 Å². The molecule has 0 bridgehead atoms. The first kappa shape index (κ1) is 50.8. The fraction of sp³-hybridized carbons (Fsp3) is 0.614. The Morgan fingerprint density at radius 2 is 1.33 bits per heavy atom. The van der Waals surface area contributed by atoms with Crippen LogP contribution >= 0.6 is 0 Å². The summed E-state index contributed by atoms with van der Waals surface area (Å²) < 4.78 is 0. The summed E-state index contributed by atoms with van der Waals surface area (Å²) in [6.07, 6.45) is 10.9. The topological polar surface area (TPSA) is 50.2 Å². The maximum absolute atomic E-state index is 12.3. The molecule has 1 aromatic heterocycles. The van der Waals surface area contributed by atoms with Gasteiger partial charge in [0, 0.05) is 49.1 Å². The number of ketones is 1. The van der Waals surface area contributed by atoms with Crippen LogP contribution in [-0.4, -0.2) is 15.9 Å². The first-order valence-electron chi connectivity index (χ1n) is 23.6. The molecule has 4 aromatic rings. The Hall–Kier alpha value is -2.81. The predicted octanol–water partition coefficient (Wildman–Crippen LogP) is 16.5. The van der Waals surface area contributed by atoms with E-state index < -0.39 is 0 Å². The number of aryl methyl sites for hydroxylation is 2. The van der Waals surface area contributed by atoms with Gasteiger partial charge in [-0.2, -0.15) is 0 Å². The molecule has 1 spiro atoms. The Bertz CT molecular complexity index is 2140. The van der Waals surface area contributed by atoms with Crippen LogP contribution in [0.2, 0.25) is 0 Å². The van der Waals surface area contributed by atoms with Crippen LogP contribution in [0.15, 0.2) is 60.4 Å². The fourth-order valence-electron chi connectivity index (χ4n) is 12.9. The van der Waals surface area contributed by atoms with Crippen LogP contribution in [0.5, 0.6) is 0 Å². The predicted molar refractivity (Wildman–Crippen MR) is 259 cm³/mol. The third-order valence-electron chi connectivity index (χ3n) is 14.1. The number of benzene rings is 3. The van der Waals surface area contributed by atoms with Crippen LogP contribution in [0.3, 0.4) is 0 Å². The molecule has 4 heteroatoms. The number of rotatable bonds is 9. The molecular weight excluding hydrogens is 923 g/mol. The molecule has 1 N–H and O–H groups in total. The number of aromatic nitrogens is 1. The van der Waals surface area contributed by atoms with Crippen molar-refractivity contribution in [1.29, 1.82) is 0 Å². The molecule has 0 atom stereocenters. The number of allylic oxidation sites excluding steroid dienone is 2. The SMILES string of the molecule is CC(C)C(C(=O)/C=C(\O)C(C(C)C)C(C)C)C(C)C.Cc1cc(C)c2c(C3CCC4(CC3)CC(C)(C)CC(C)(C)C4)cc(-c3[c-]c4ccccc4c(C(C)(C)C)c3)nc2c1.[Ir]. The molecule has 0 aliphatic heterocycles. The minimum Gasteiger partial charge on any atom is -0.512 e. The molecule has 3 aromatic carbocycles. The van der Waals surface area contributed by atoms with E-state index in [1.165, 1.54) is 89.4 Å². The monoisotopic (exact) mass is 1010 g/mol. The van der Waals surface area contributed by atoms with Crippen LogP contribution in [0.4, 0.5) is 0 Å². The van der Waals surface area contributed by atoms with Gasteiger partial charge in [-0.25, -0.2) is 0 Å². The van der Waals surface area contributed by atoms with E-state index in [1.54, 1.807) is 0 Å². The van der Waals surface area contributed by atoms with E-state index in [2.05, 4.69) is 172 Å². The first-order chi connectivity index (χ1) is 27.7. The maximum atomic E-state index is 12.3. The molecule has 0 saturated heterocycles. The van der Waals surface area contributed by atoms with Gasteiger partial charge in [-0.05, 0) is 133 Å². The van der Waals surface area contributed by atoms with Gasteiger partial charge in [0.25, 0.3) is 0 Å². The Morgan fingerprint density at radius 1 is 0.787 bits per heavy atom. The largest absolute Gasteiger partial charge is 0.512 e. The zero-order valence-electron chi connectivity index (χ0n) is 41.3. The van der Waals surface area contributed by atoms with Crippen molar-refractivity contribution in [2.24, 2.45) is 51.8 Å². The number of fused-ring (bicyclic) bond motifs is 2. The van der Waals surface area contributed by atoms with Gasteiger partial charge >= 0.3 is 0 Å². The zero-order chi connectivity index (χ0) is 44.7. The molecule has 2 aliphatic rings. The second-order valence-electron chi connectivity index (χ2n) is 23.6. The first-order valence-corrected chi connectivity index (χ1v) is 23.6. The number of hydrogen-bond acceptors (Lipinski definition) is 3. The van der Waals surface area contributed by atoms with Crippen molar-refractivity contribution >= 4 is 27.5 Å². The van der Waals surface area contributed by atoms with E-state index in [0.717, 1.165) is 16.8 Å². The maximum Gasteiger partial charge on any atom is 0.162 e. The van der Waals surface area contributed by atoms with Gasteiger partial charge in [0.1, 0.15) is 0 Å². The van der Waals surface area contributed by atoms with Crippen LogP contribution < -0.4 is 0 Å². The second-order valence-corrected chi connectivity index (χ2v) is 23.6. The van der Waals surface area contributed by atoms with Crippen LogP contribution in [0, 0.1) is 71.7 Å². The summed E-state index contributed by atoms with van der Waals surface area (Å²) in [5.41, 5.74) is 10.3. The number of hydrogen-bond donors (Lipinski definition) is 1. The fourth-order valence-corrected chi connectivity index (χ4v) is 12.9. The Kier molecular flexibility index (Phi) is 16.3. The molecule has 337 valence electrons. The van der Waals surface area contributed by atoms with Gasteiger partial charge in [0.15, 0.2) is 5.78 Å². The summed E-state index contributed by atoms with van der Waals surface area (Å²) in [4.78, 5) is 17.7. The van der Waals surface area contributed by atoms with Crippen LogP contribution in [-0.2, 0) is 30.3 Å². The molecular formula is C57H82IrNO2-. The number of aliphatic hydroxyl groups is 1. The number of pyridine rings is 1. The van der Waals surface area contributed by atoms with Gasteiger partial charge in [0.2, 0.25) is 0 Å². The molecule has 0 unspecified atom stereocenters. The van der Waals surface area contributed by atoms with Crippen molar-refractivity contribution in [2.45, 2.75) is 174 Å². The summed E-state index contributed by atoms with van der Waals surface area (Å²) in [6, 6.07) is 22.0. The second kappa shape index (κ2) is 19.5. The third-order valence-corrected chi connectivity index (χ3v) is 14.1. The molecule has 2 fully saturated rings. The molecule has 3 nitrogen and oxygen atoms in total. The van der Waals surface area contributed by atoms with Gasteiger partial charge in [-0.15, -0.1) is 29.1 Å². The van der Waals surface area contributed by atoms with Crippen molar-refractivity contribution in [1.82, 2.24) is 4.98 Å². The van der Waals surface area contributed by atoms with Crippen LogP contribution in [0.1, 0.15) is 177 Å². The molecule has 61 heavy (non-hydrogen) atoms. The van der Waals surface area contributed by atoms with E-state index in [4.69, 9.17) is 4.98 Å². The average Bonchev–Trinajstić information content (AvgIpc) is 3.08. The van der Waals surface area contributed by atoms with Crippen LogP contribution in [0.25, 0.3) is 32.9 Å². The quantitative estimate of drug-likeness (QED) is 0.103. The van der Waals surface area contributed by atoms with Gasteiger partial charge in [-0.3, -0.25) is 9.78 Å².